The maximum Gasteiger partial charge on any atom is 0.375 e. The van der Waals surface area contributed by atoms with Crippen LogP contribution in [0.5, 0.6) is 0 Å². The molecule has 2 aromatic rings. The molecule has 1 aromatic carbocycles. The number of carboxylic acid groups (broad SMARTS) is 1. The van der Waals surface area contributed by atoms with Crippen molar-refractivity contribution in [3.63, 3.8) is 0 Å². The molecular formula is C12H9F2N3O2. The Kier molecular flexibility index (Phi) is 2.55. The lowest BCUT2D eigenvalue weighted by Gasteiger charge is -2.05. The standard InChI is InChI=1S/C12H9F2N3O2/c13-7-3-4-9(8(14)5-7)17-11(6-1-2-6)15-10(16-17)12(18)19/h3-6H,1-2H2,(H,18,19). The molecule has 3 rings (SSSR count). The van der Waals surface area contributed by atoms with Gasteiger partial charge in [0.15, 0.2) is 5.82 Å². The Balaban J connectivity index is 2.15. The lowest BCUT2D eigenvalue weighted by molar-refractivity contribution is 0.0683. The summed E-state index contributed by atoms with van der Waals surface area (Å²) in [5.41, 5.74) is 0.00306. The van der Waals surface area contributed by atoms with Gasteiger partial charge in [0.1, 0.15) is 17.3 Å². The minimum atomic E-state index is -1.27. The van der Waals surface area contributed by atoms with Crippen molar-refractivity contribution in [2.45, 2.75) is 18.8 Å². The highest BCUT2D eigenvalue weighted by Gasteiger charge is 2.32. The van der Waals surface area contributed by atoms with Crippen LogP contribution in [0.3, 0.4) is 0 Å². The molecule has 1 aliphatic carbocycles. The van der Waals surface area contributed by atoms with Crippen molar-refractivity contribution in [2.24, 2.45) is 0 Å². The van der Waals surface area contributed by atoms with E-state index in [1.807, 2.05) is 0 Å². The molecule has 98 valence electrons. The first kappa shape index (κ1) is 11.8. The van der Waals surface area contributed by atoms with Crippen molar-refractivity contribution < 1.29 is 18.7 Å². The number of rotatable bonds is 3. The highest BCUT2D eigenvalue weighted by Crippen LogP contribution is 2.40. The summed E-state index contributed by atoms with van der Waals surface area (Å²) in [6, 6.07) is 3.04. The van der Waals surface area contributed by atoms with Crippen molar-refractivity contribution >= 4 is 5.97 Å². The van der Waals surface area contributed by atoms with Crippen LogP contribution >= 0.6 is 0 Å². The van der Waals surface area contributed by atoms with Gasteiger partial charge in [-0.05, 0) is 25.0 Å². The number of aromatic nitrogens is 3. The van der Waals surface area contributed by atoms with Gasteiger partial charge in [-0.25, -0.2) is 23.2 Å². The van der Waals surface area contributed by atoms with Crippen LogP contribution in [-0.4, -0.2) is 25.8 Å². The monoisotopic (exact) mass is 265 g/mol. The van der Waals surface area contributed by atoms with E-state index in [-0.39, 0.29) is 17.4 Å². The van der Waals surface area contributed by atoms with E-state index in [2.05, 4.69) is 10.1 Å². The van der Waals surface area contributed by atoms with Crippen LogP contribution in [0.15, 0.2) is 18.2 Å². The van der Waals surface area contributed by atoms with Crippen molar-refractivity contribution in [3.8, 4) is 5.69 Å². The van der Waals surface area contributed by atoms with E-state index in [0.717, 1.165) is 29.7 Å². The van der Waals surface area contributed by atoms with Crippen LogP contribution in [0.25, 0.3) is 5.69 Å². The Morgan fingerprint density at radius 3 is 2.68 bits per heavy atom. The fourth-order valence-corrected chi connectivity index (χ4v) is 1.85. The number of hydrogen-bond donors (Lipinski definition) is 1. The summed E-state index contributed by atoms with van der Waals surface area (Å²) in [7, 11) is 0. The first-order valence-corrected chi connectivity index (χ1v) is 5.72. The molecule has 5 nitrogen and oxygen atoms in total. The summed E-state index contributed by atoms with van der Waals surface area (Å²) in [5, 5.41) is 12.7. The van der Waals surface area contributed by atoms with Gasteiger partial charge in [-0.15, -0.1) is 5.10 Å². The number of carboxylic acids is 1. The van der Waals surface area contributed by atoms with Gasteiger partial charge in [0, 0.05) is 12.0 Å². The van der Waals surface area contributed by atoms with E-state index in [0.29, 0.717) is 5.82 Å². The quantitative estimate of drug-likeness (QED) is 0.923. The maximum atomic E-state index is 13.7. The minimum absolute atomic E-state index is 0.00306. The molecule has 0 aliphatic heterocycles. The van der Waals surface area contributed by atoms with Gasteiger partial charge < -0.3 is 5.11 Å². The molecule has 1 aromatic heterocycles. The van der Waals surface area contributed by atoms with Crippen molar-refractivity contribution in [1.82, 2.24) is 14.8 Å². The predicted molar refractivity (Wildman–Crippen MR) is 60.2 cm³/mol. The lowest BCUT2D eigenvalue weighted by Crippen LogP contribution is -2.05. The molecule has 0 amide bonds. The van der Waals surface area contributed by atoms with E-state index in [1.165, 1.54) is 6.07 Å². The molecule has 1 saturated carbocycles. The molecule has 1 fully saturated rings. The van der Waals surface area contributed by atoms with Crippen LogP contribution < -0.4 is 0 Å². The predicted octanol–water partition coefficient (Wildman–Crippen LogP) is 2.12. The van der Waals surface area contributed by atoms with Gasteiger partial charge in [0.2, 0.25) is 0 Å². The Bertz CT molecular complexity index is 665. The zero-order valence-corrected chi connectivity index (χ0v) is 9.68. The number of aromatic carboxylic acids is 1. The molecule has 0 unspecified atom stereocenters. The maximum absolute atomic E-state index is 13.7. The summed E-state index contributed by atoms with van der Waals surface area (Å²) in [5.74, 6) is -2.67. The summed E-state index contributed by atoms with van der Waals surface area (Å²) < 4.78 is 27.8. The smallest absolute Gasteiger partial charge is 0.375 e. The fourth-order valence-electron chi connectivity index (χ4n) is 1.85. The molecule has 0 radical (unpaired) electrons. The highest BCUT2D eigenvalue weighted by molar-refractivity contribution is 5.83. The molecule has 19 heavy (non-hydrogen) atoms. The zero-order valence-electron chi connectivity index (χ0n) is 9.68. The van der Waals surface area contributed by atoms with Gasteiger partial charge in [0.25, 0.3) is 5.82 Å². The van der Waals surface area contributed by atoms with Crippen molar-refractivity contribution in [2.75, 3.05) is 0 Å². The van der Waals surface area contributed by atoms with Crippen LogP contribution in [-0.2, 0) is 0 Å². The molecule has 1 heterocycles. The van der Waals surface area contributed by atoms with Gasteiger partial charge >= 0.3 is 5.97 Å². The highest BCUT2D eigenvalue weighted by atomic mass is 19.1. The Labute approximate surface area is 106 Å². The summed E-state index contributed by atoms with van der Waals surface area (Å²) in [6.45, 7) is 0. The molecule has 7 heteroatoms. The van der Waals surface area contributed by atoms with E-state index in [4.69, 9.17) is 5.11 Å². The number of hydrogen-bond acceptors (Lipinski definition) is 3. The number of nitrogens with zero attached hydrogens (tertiary/aromatic N) is 3. The fraction of sp³-hybridized carbons (Fsp3) is 0.250. The normalized spacial score (nSPS) is 14.6. The van der Waals surface area contributed by atoms with E-state index in [9.17, 15) is 13.6 Å². The first-order valence-electron chi connectivity index (χ1n) is 5.72. The van der Waals surface area contributed by atoms with E-state index < -0.39 is 17.6 Å². The second-order valence-corrected chi connectivity index (χ2v) is 4.38. The first-order chi connectivity index (χ1) is 9.06. The van der Waals surface area contributed by atoms with Crippen molar-refractivity contribution in [3.05, 3.63) is 41.5 Å². The molecule has 0 spiro atoms. The Hall–Kier alpha value is -2.31. The number of benzene rings is 1. The number of carbonyl (C=O) groups is 1. The third kappa shape index (κ3) is 2.07. The van der Waals surface area contributed by atoms with Crippen LogP contribution in [0, 0.1) is 11.6 Å². The average Bonchev–Trinajstić information content (AvgIpc) is 3.09. The van der Waals surface area contributed by atoms with E-state index >= 15 is 0 Å². The van der Waals surface area contributed by atoms with Gasteiger partial charge in [0.05, 0.1) is 0 Å². The minimum Gasteiger partial charge on any atom is -0.475 e. The van der Waals surface area contributed by atoms with Crippen LogP contribution in [0.2, 0.25) is 0 Å². The molecule has 0 saturated heterocycles. The second kappa shape index (κ2) is 4.11. The largest absolute Gasteiger partial charge is 0.475 e. The van der Waals surface area contributed by atoms with E-state index in [1.54, 1.807) is 0 Å². The Morgan fingerprint density at radius 2 is 2.11 bits per heavy atom. The SMILES string of the molecule is O=C(O)c1nc(C2CC2)n(-c2ccc(F)cc2F)n1. The van der Waals surface area contributed by atoms with Crippen LogP contribution in [0.4, 0.5) is 8.78 Å². The second-order valence-electron chi connectivity index (χ2n) is 4.38. The molecule has 0 bridgehead atoms. The molecular weight excluding hydrogens is 256 g/mol. The number of halogens is 2. The summed E-state index contributed by atoms with van der Waals surface area (Å²) in [6.07, 6.45) is 1.72. The Morgan fingerprint density at radius 1 is 1.37 bits per heavy atom. The lowest BCUT2D eigenvalue weighted by atomic mass is 10.3. The molecule has 0 atom stereocenters. The van der Waals surface area contributed by atoms with Crippen molar-refractivity contribution in [1.29, 1.82) is 0 Å². The summed E-state index contributed by atoms with van der Waals surface area (Å²) in [4.78, 5) is 14.8. The molecule has 1 N–H and O–H groups in total. The van der Waals surface area contributed by atoms with Gasteiger partial charge in [-0.1, -0.05) is 0 Å². The topological polar surface area (TPSA) is 68.0 Å². The zero-order chi connectivity index (χ0) is 13.6. The van der Waals surface area contributed by atoms with Crippen LogP contribution in [0.1, 0.15) is 35.2 Å². The summed E-state index contributed by atoms with van der Waals surface area (Å²) >= 11 is 0. The molecule has 1 aliphatic rings. The van der Waals surface area contributed by atoms with Gasteiger partial charge in [-0.2, -0.15) is 0 Å². The van der Waals surface area contributed by atoms with Gasteiger partial charge in [-0.3, -0.25) is 0 Å². The average molecular weight is 265 g/mol. The third-order valence-electron chi connectivity index (χ3n) is 2.90. The third-order valence-corrected chi connectivity index (χ3v) is 2.90.